The molecule has 5 heteroatoms. The van der Waals surface area contributed by atoms with E-state index in [4.69, 9.17) is 9.73 Å². The number of aliphatic hydroxyl groups excluding tert-OH is 1. The zero-order valence-corrected chi connectivity index (χ0v) is 14.9. The molecule has 0 aromatic heterocycles. The van der Waals surface area contributed by atoms with Crippen LogP contribution in [0.5, 0.6) is 0 Å². The van der Waals surface area contributed by atoms with Crippen LogP contribution in [0.1, 0.15) is 59.8 Å². The fourth-order valence-electron chi connectivity index (χ4n) is 2.98. The molecule has 22 heavy (non-hydrogen) atoms. The molecule has 130 valence electrons. The van der Waals surface area contributed by atoms with Gasteiger partial charge in [-0.1, -0.05) is 13.8 Å². The smallest absolute Gasteiger partial charge is 0.191 e. The average molecular weight is 313 g/mol. The lowest BCUT2D eigenvalue weighted by molar-refractivity contribution is 0.0242. The number of nitrogens with one attached hydrogen (secondary N) is 2. The number of hydrogen-bond donors (Lipinski definition) is 3. The van der Waals surface area contributed by atoms with Crippen molar-refractivity contribution in [1.29, 1.82) is 0 Å². The van der Waals surface area contributed by atoms with Gasteiger partial charge in [0.2, 0.25) is 0 Å². The van der Waals surface area contributed by atoms with Crippen LogP contribution in [0, 0.1) is 5.41 Å². The molecule has 1 aliphatic heterocycles. The Morgan fingerprint density at radius 2 is 2.00 bits per heavy atom. The third-order valence-corrected chi connectivity index (χ3v) is 4.99. The van der Waals surface area contributed by atoms with Crippen LogP contribution in [-0.2, 0) is 4.74 Å². The van der Waals surface area contributed by atoms with Gasteiger partial charge in [0.05, 0.1) is 5.60 Å². The van der Waals surface area contributed by atoms with Crippen molar-refractivity contribution in [3.8, 4) is 0 Å². The average Bonchev–Trinajstić information content (AvgIpc) is 2.96. The maximum Gasteiger partial charge on any atom is 0.191 e. The molecule has 0 spiro atoms. The standard InChI is InChI=1S/C17H35N3O2/c1-5-17(6-2,10-11-21)14-20-15(18-7-3)19-13-16(4)9-8-12-22-16/h21H,5-14H2,1-4H3,(H2,18,19,20). The molecule has 0 bridgehead atoms. The highest BCUT2D eigenvalue weighted by atomic mass is 16.5. The number of aliphatic imine (C=N–C) groups is 1. The van der Waals surface area contributed by atoms with Crippen molar-refractivity contribution in [2.45, 2.75) is 65.4 Å². The van der Waals surface area contributed by atoms with Crippen molar-refractivity contribution in [3.05, 3.63) is 0 Å². The number of aliphatic hydroxyl groups is 1. The molecule has 1 atom stereocenters. The van der Waals surface area contributed by atoms with Crippen LogP contribution >= 0.6 is 0 Å². The van der Waals surface area contributed by atoms with E-state index in [1.807, 2.05) is 0 Å². The minimum Gasteiger partial charge on any atom is -0.396 e. The Balaban J connectivity index is 2.63. The Morgan fingerprint density at radius 1 is 1.27 bits per heavy atom. The molecule has 1 rings (SSSR count). The molecule has 0 saturated carbocycles. The second-order valence-electron chi connectivity index (χ2n) is 6.63. The summed E-state index contributed by atoms with van der Waals surface area (Å²) >= 11 is 0. The second kappa shape index (κ2) is 9.36. The van der Waals surface area contributed by atoms with Crippen molar-refractivity contribution < 1.29 is 9.84 Å². The highest BCUT2D eigenvalue weighted by Crippen LogP contribution is 2.30. The molecule has 1 heterocycles. The summed E-state index contributed by atoms with van der Waals surface area (Å²) in [5.74, 6) is 0.850. The lowest BCUT2D eigenvalue weighted by Gasteiger charge is -2.30. The Morgan fingerprint density at radius 3 is 2.50 bits per heavy atom. The van der Waals surface area contributed by atoms with Crippen molar-refractivity contribution in [2.75, 3.05) is 32.8 Å². The number of hydrogen-bond acceptors (Lipinski definition) is 3. The molecular formula is C17H35N3O2. The Hall–Kier alpha value is -0.810. The van der Waals surface area contributed by atoms with Crippen LogP contribution in [0.3, 0.4) is 0 Å². The van der Waals surface area contributed by atoms with Crippen LogP contribution in [-0.4, -0.2) is 49.5 Å². The molecule has 1 saturated heterocycles. The van der Waals surface area contributed by atoms with Gasteiger partial charge < -0.3 is 20.5 Å². The summed E-state index contributed by atoms with van der Waals surface area (Å²) in [5.41, 5.74) is 0.0265. The quantitative estimate of drug-likeness (QED) is 0.451. The van der Waals surface area contributed by atoms with Gasteiger partial charge in [-0.2, -0.15) is 0 Å². The minimum atomic E-state index is -0.0755. The van der Waals surface area contributed by atoms with Crippen LogP contribution in [0.2, 0.25) is 0 Å². The molecule has 0 aromatic carbocycles. The van der Waals surface area contributed by atoms with Crippen molar-refractivity contribution in [3.63, 3.8) is 0 Å². The van der Waals surface area contributed by atoms with E-state index in [9.17, 15) is 5.11 Å². The van der Waals surface area contributed by atoms with Gasteiger partial charge in [0.1, 0.15) is 0 Å². The van der Waals surface area contributed by atoms with Gasteiger partial charge >= 0.3 is 0 Å². The van der Waals surface area contributed by atoms with Crippen LogP contribution in [0.15, 0.2) is 4.99 Å². The molecule has 0 amide bonds. The Bertz CT molecular complexity index is 335. The van der Waals surface area contributed by atoms with E-state index in [1.165, 1.54) is 0 Å². The molecular weight excluding hydrogens is 278 g/mol. The molecule has 0 radical (unpaired) electrons. The summed E-state index contributed by atoms with van der Waals surface area (Å²) in [4.78, 5) is 4.77. The maximum absolute atomic E-state index is 9.32. The predicted octanol–water partition coefficient (Wildman–Crippen LogP) is 2.30. The van der Waals surface area contributed by atoms with Gasteiger partial charge in [-0.05, 0) is 51.4 Å². The number of nitrogens with zero attached hydrogens (tertiary/aromatic N) is 1. The van der Waals surface area contributed by atoms with Crippen molar-refractivity contribution in [2.24, 2.45) is 10.4 Å². The maximum atomic E-state index is 9.32. The van der Waals surface area contributed by atoms with Crippen molar-refractivity contribution in [1.82, 2.24) is 10.6 Å². The highest BCUT2D eigenvalue weighted by molar-refractivity contribution is 5.79. The predicted molar refractivity (Wildman–Crippen MR) is 92.3 cm³/mol. The molecule has 0 aromatic rings. The largest absolute Gasteiger partial charge is 0.396 e. The van der Waals surface area contributed by atoms with Gasteiger partial charge in [-0.15, -0.1) is 0 Å². The summed E-state index contributed by atoms with van der Waals surface area (Å²) in [7, 11) is 0. The Kier molecular flexibility index (Phi) is 8.18. The first-order valence-corrected chi connectivity index (χ1v) is 8.80. The number of guanidine groups is 1. The summed E-state index contributed by atoms with van der Waals surface area (Å²) < 4.78 is 5.82. The first-order valence-electron chi connectivity index (χ1n) is 8.80. The fourth-order valence-corrected chi connectivity index (χ4v) is 2.98. The zero-order chi connectivity index (χ0) is 16.5. The number of ether oxygens (including phenoxy) is 1. The van der Waals surface area contributed by atoms with Crippen LogP contribution < -0.4 is 10.6 Å². The van der Waals surface area contributed by atoms with E-state index in [0.29, 0.717) is 0 Å². The van der Waals surface area contributed by atoms with Gasteiger partial charge in [0.15, 0.2) is 5.96 Å². The lowest BCUT2D eigenvalue weighted by atomic mass is 9.79. The van der Waals surface area contributed by atoms with E-state index >= 15 is 0 Å². The molecule has 5 nitrogen and oxygen atoms in total. The van der Waals surface area contributed by atoms with Crippen LogP contribution in [0.4, 0.5) is 0 Å². The summed E-state index contributed by atoms with van der Waals surface area (Å²) in [5, 5.41) is 16.0. The zero-order valence-electron chi connectivity index (χ0n) is 14.9. The van der Waals surface area contributed by atoms with Gasteiger partial charge in [-0.25, -0.2) is 0 Å². The molecule has 3 N–H and O–H groups in total. The lowest BCUT2D eigenvalue weighted by Crippen LogP contribution is -2.46. The molecule has 1 unspecified atom stereocenters. The molecule has 0 aliphatic carbocycles. The normalized spacial score (nSPS) is 22.9. The monoisotopic (exact) mass is 313 g/mol. The molecule has 1 aliphatic rings. The molecule has 1 fully saturated rings. The Labute approximate surface area is 135 Å². The number of rotatable bonds is 9. The summed E-state index contributed by atoms with van der Waals surface area (Å²) in [6.07, 6.45) is 5.11. The van der Waals surface area contributed by atoms with Gasteiger partial charge in [-0.3, -0.25) is 4.99 Å². The minimum absolute atomic E-state index is 0.0755. The van der Waals surface area contributed by atoms with Crippen LogP contribution in [0.25, 0.3) is 0 Å². The van der Waals surface area contributed by atoms with E-state index in [0.717, 1.165) is 64.3 Å². The SMILES string of the molecule is CCNC(=NCC(CC)(CC)CCO)NCC1(C)CCCO1. The van der Waals surface area contributed by atoms with Crippen molar-refractivity contribution >= 4 is 5.96 Å². The van der Waals surface area contributed by atoms with E-state index in [2.05, 4.69) is 38.3 Å². The summed E-state index contributed by atoms with van der Waals surface area (Å²) in [6.45, 7) is 12.1. The third kappa shape index (κ3) is 5.76. The summed E-state index contributed by atoms with van der Waals surface area (Å²) in [6, 6.07) is 0. The van der Waals surface area contributed by atoms with E-state index in [-0.39, 0.29) is 17.6 Å². The van der Waals surface area contributed by atoms with E-state index in [1.54, 1.807) is 0 Å². The third-order valence-electron chi connectivity index (χ3n) is 4.99. The van der Waals surface area contributed by atoms with E-state index < -0.39 is 0 Å². The van der Waals surface area contributed by atoms with Gasteiger partial charge in [0, 0.05) is 32.8 Å². The van der Waals surface area contributed by atoms with Gasteiger partial charge in [0.25, 0.3) is 0 Å². The topological polar surface area (TPSA) is 65.9 Å². The first-order chi connectivity index (χ1) is 10.5. The first kappa shape index (κ1) is 19.2. The second-order valence-corrected chi connectivity index (χ2v) is 6.63. The highest BCUT2D eigenvalue weighted by Gasteiger charge is 2.30. The fraction of sp³-hybridized carbons (Fsp3) is 0.941.